The average molecular weight is 290 g/mol. The first-order chi connectivity index (χ1) is 9.81. The molecule has 1 atom stereocenters. The lowest BCUT2D eigenvalue weighted by atomic mass is 10.1. The minimum Gasteiger partial charge on any atom is -0.355 e. The smallest absolute Gasteiger partial charge is 0.244 e. The van der Waals surface area contributed by atoms with E-state index in [9.17, 15) is 4.79 Å². The first kappa shape index (κ1) is 13.3. The van der Waals surface area contributed by atoms with Crippen LogP contribution >= 0.6 is 11.5 Å². The molecule has 1 aliphatic heterocycles. The van der Waals surface area contributed by atoms with Crippen molar-refractivity contribution >= 4 is 33.3 Å². The minimum atomic E-state index is -0.160. The van der Waals surface area contributed by atoms with E-state index >= 15 is 0 Å². The van der Waals surface area contributed by atoms with Gasteiger partial charge in [0.15, 0.2) is 0 Å². The van der Waals surface area contributed by atoms with E-state index in [4.69, 9.17) is 0 Å². The summed E-state index contributed by atoms with van der Waals surface area (Å²) in [6, 6.07) is 7.94. The van der Waals surface area contributed by atoms with Crippen LogP contribution in [-0.4, -0.2) is 42.5 Å². The number of benzene rings is 1. The number of piperazine rings is 1. The number of aromatic nitrogens is 1. The molecular formula is C14H18N4OS. The summed E-state index contributed by atoms with van der Waals surface area (Å²) in [5.41, 5.74) is 1.00. The molecule has 0 saturated carbocycles. The van der Waals surface area contributed by atoms with Gasteiger partial charge in [0.2, 0.25) is 5.91 Å². The Morgan fingerprint density at radius 1 is 1.55 bits per heavy atom. The summed E-state index contributed by atoms with van der Waals surface area (Å²) in [6.45, 7) is 5.00. The molecule has 0 radical (unpaired) electrons. The Kier molecular flexibility index (Phi) is 3.84. The highest BCUT2D eigenvalue weighted by atomic mass is 32.1. The molecule has 6 heteroatoms. The fourth-order valence-corrected chi connectivity index (χ4v) is 3.49. The van der Waals surface area contributed by atoms with Crippen LogP contribution in [0.4, 0.5) is 5.00 Å². The predicted molar refractivity (Wildman–Crippen MR) is 82.3 cm³/mol. The van der Waals surface area contributed by atoms with Crippen molar-refractivity contribution in [1.29, 1.82) is 0 Å². The molecule has 1 aromatic carbocycles. The standard InChI is InChI=1S/C14H18N4OS/c1-2-16-13(19)12-9-15-7-8-18(12)14-10-5-3-4-6-11(10)17-20-14/h3-6,12,15H,2,7-9H2,1H3,(H,16,19). The van der Waals surface area contributed by atoms with Crippen LogP contribution in [0.25, 0.3) is 10.9 Å². The highest BCUT2D eigenvalue weighted by Crippen LogP contribution is 2.32. The molecule has 2 aromatic rings. The number of carbonyl (C=O) groups is 1. The number of nitrogens with zero attached hydrogens (tertiary/aromatic N) is 2. The van der Waals surface area contributed by atoms with Crippen LogP contribution in [0.5, 0.6) is 0 Å². The van der Waals surface area contributed by atoms with Gasteiger partial charge in [0.25, 0.3) is 0 Å². The van der Waals surface area contributed by atoms with Gasteiger partial charge in [-0.15, -0.1) is 0 Å². The third kappa shape index (κ3) is 2.36. The molecule has 2 heterocycles. The van der Waals surface area contributed by atoms with Crippen LogP contribution in [0.2, 0.25) is 0 Å². The Labute approximate surface area is 122 Å². The van der Waals surface area contributed by atoms with Crippen molar-refractivity contribution in [2.45, 2.75) is 13.0 Å². The van der Waals surface area contributed by atoms with E-state index < -0.39 is 0 Å². The Bertz CT molecular complexity index is 612. The summed E-state index contributed by atoms with van der Waals surface area (Å²) in [4.78, 5) is 14.4. The number of hydrogen-bond donors (Lipinski definition) is 2. The summed E-state index contributed by atoms with van der Waals surface area (Å²) >= 11 is 1.48. The average Bonchev–Trinajstić information content (AvgIpc) is 2.91. The number of hydrogen-bond acceptors (Lipinski definition) is 5. The largest absolute Gasteiger partial charge is 0.355 e. The molecule has 0 spiro atoms. The van der Waals surface area contributed by atoms with E-state index in [1.165, 1.54) is 11.5 Å². The fraction of sp³-hybridized carbons (Fsp3) is 0.429. The molecule has 5 nitrogen and oxygen atoms in total. The lowest BCUT2D eigenvalue weighted by Crippen LogP contribution is -2.58. The van der Waals surface area contributed by atoms with Gasteiger partial charge in [-0.2, -0.15) is 4.37 Å². The predicted octanol–water partition coefficient (Wildman–Crippen LogP) is 1.21. The van der Waals surface area contributed by atoms with Crippen LogP contribution in [-0.2, 0) is 4.79 Å². The number of likely N-dealkylation sites (N-methyl/N-ethyl adjacent to an activating group) is 1. The zero-order chi connectivity index (χ0) is 13.9. The SMILES string of the molecule is CCNC(=O)C1CNCCN1c1snc2ccccc12. The molecule has 1 amide bonds. The van der Waals surface area contributed by atoms with E-state index in [1.807, 2.05) is 25.1 Å². The number of fused-ring (bicyclic) bond motifs is 1. The highest BCUT2D eigenvalue weighted by Gasteiger charge is 2.30. The third-order valence-corrected chi connectivity index (χ3v) is 4.44. The second kappa shape index (κ2) is 5.76. The number of anilines is 1. The molecule has 1 aliphatic rings. The topological polar surface area (TPSA) is 57.3 Å². The number of amides is 1. The third-order valence-electron chi connectivity index (χ3n) is 3.52. The monoisotopic (exact) mass is 290 g/mol. The van der Waals surface area contributed by atoms with Crippen LogP contribution in [0.15, 0.2) is 24.3 Å². The van der Waals surface area contributed by atoms with Gasteiger partial charge in [0.1, 0.15) is 11.0 Å². The molecule has 0 aliphatic carbocycles. The Morgan fingerprint density at radius 3 is 3.25 bits per heavy atom. The van der Waals surface area contributed by atoms with Crippen molar-refractivity contribution in [2.75, 3.05) is 31.1 Å². The van der Waals surface area contributed by atoms with Crippen molar-refractivity contribution in [1.82, 2.24) is 15.0 Å². The maximum absolute atomic E-state index is 12.2. The summed E-state index contributed by atoms with van der Waals surface area (Å²) in [7, 11) is 0. The molecule has 1 fully saturated rings. The molecule has 1 saturated heterocycles. The van der Waals surface area contributed by atoms with E-state index in [0.717, 1.165) is 29.0 Å². The summed E-state index contributed by atoms with van der Waals surface area (Å²) in [5.74, 6) is 0.0807. The molecule has 106 valence electrons. The summed E-state index contributed by atoms with van der Waals surface area (Å²) in [6.07, 6.45) is 0. The van der Waals surface area contributed by atoms with Crippen LogP contribution < -0.4 is 15.5 Å². The molecule has 1 unspecified atom stereocenters. The van der Waals surface area contributed by atoms with Crippen molar-refractivity contribution < 1.29 is 4.79 Å². The second-order valence-corrected chi connectivity index (χ2v) is 5.56. The number of carbonyl (C=O) groups excluding carboxylic acids is 1. The molecule has 0 bridgehead atoms. The van der Waals surface area contributed by atoms with Crippen molar-refractivity contribution in [3.8, 4) is 0 Å². The van der Waals surface area contributed by atoms with Crippen LogP contribution in [0.1, 0.15) is 6.92 Å². The van der Waals surface area contributed by atoms with Gasteiger partial charge in [-0.25, -0.2) is 0 Å². The van der Waals surface area contributed by atoms with E-state index in [0.29, 0.717) is 13.1 Å². The summed E-state index contributed by atoms with van der Waals surface area (Å²) < 4.78 is 4.48. The molecule has 20 heavy (non-hydrogen) atoms. The normalized spacial score (nSPS) is 19.2. The fourth-order valence-electron chi connectivity index (χ4n) is 2.56. The lowest BCUT2D eigenvalue weighted by Gasteiger charge is -2.35. The van der Waals surface area contributed by atoms with Gasteiger partial charge in [0.05, 0.1) is 5.52 Å². The maximum Gasteiger partial charge on any atom is 0.244 e. The molecule has 2 N–H and O–H groups in total. The Balaban J connectivity index is 1.95. The molecular weight excluding hydrogens is 272 g/mol. The van der Waals surface area contributed by atoms with Gasteiger partial charge in [-0.1, -0.05) is 12.1 Å². The zero-order valence-corrected chi connectivity index (χ0v) is 12.2. The van der Waals surface area contributed by atoms with E-state index in [2.05, 4.69) is 26.0 Å². The molecule has 1 aromatic heterocycles. The van der Waals surface area contributed by atoms with Gasteiger partial charge in [-0.05, 0) is 30.6 Å². The lowest BCUT2D eigenvalue weighted by molar-refractivity contribution is -0.122. The van der Waals surface area contributed by atoms with E-state index in [1.54, 1.807) is 0 Å². The Morgan fingerprint density at radius 2 is 2.40 bits per heavy atom. The van der Waals surface area contributed by atoms with Crippen LogP contribution in [0, 0.1) is 0 Å². The number of rotatable bonds is 3. The highest BCUT2D eigenvalue weighted by molar-refractivity contribution is 7.11. The van der Waals surface area contributed by atoms with Crippen molar-refractivity contribution in [2.24, 2.45) is 0 Å². The summed E-state index contributed by atoms with van der Waals surface area (Å²) in [5, 5.41) is 8.44. The van der Waals surface area contributed by atoms with Gasteiger partial charge in [0, 0.05) is 31.6 Å². The van der Waals surface area contributed by atoms with Crippen molar-refractivity contribution in [3.05, 3.63) is 24.3 Å². The quantitative estimate of drug-likeness (QED) is 0.892. The van der Waals surface area contributed by atoms with Gasteiger partial charge >= 0.3 is 0 Å². The Hall–Kier alpha value is -1.66. The molecule has 3 rings (SSSR count). The minimum absolute atomic E-state index is 0.0807. The van der Waals surface area contributed by atoms with E-state index in [-0.39, 0.29) is 11.9 Å². The first-order valence-corrected chi connectivity index (χ1v) is 7.68. The number of nitrogens with one attached hydrogen (secondary N) is 2. The first-order valence-electron chi connectivity index (χ1n) is 6.90. The van der Waals surface area contributed by atoms with Crippen LogP contribution in [0.3, 0.4) is 0 Å². The van der Waals surface area contributed by atoms with Crippen molar-refractivity contribution in [3.63, 3.8) is 0 Å². The van der Waals surface area contributed by atoms with Gasteiger partial charge < -0.3 is 15.5 Å². The second-order valence-electron chi connectivity index (χ2n) is 4.81. The van der Waals surface area contributed by atoms with Gasteiger partial charge in [-0.3, -0.25) is 4.79 Å². The maximum atomic E-state index is 12.2. The zero-order valence-electron chi connectivity index (χ0n) is 11.4.